The molecule has 5 aromatic rings. The summed E-state index contributed by atoms with van der Waals surface area (Å²) in [5, 5.41) is 4.54. The van der Waals surface area contributed by atoms with Crippen LogP contribution in [-0.2, 0) is 20.9 Å². The van der Waals surface area contributed by atoms with Crippen molar-refractivity contribution in [2.45, 2.75) is 29.7 Å². The minimum Gasteiger partial charge on any atom is -0.325 e. The molecule has 0 spiro atoms. The van der Waals surface area contributed by atoms with Crippen LogP contribution in [-0.4, -0.2) is 27.5 Å². The summed E-state index contributed by atoms with van der Waals surface area (Å²) in [6.45, 7) is 1.66. The number of rotatable bonds is 5. The van der Waals surface area contributed by atoms with Crippen molar-refractivity contribution in [3.8, 4) is 0 Å². The molecule has 2 aliphatic rings. The summed E-state index contributed by atoms with van der Waals surface area (Å²) >= 11 is 2.10. The molecule has 10 heteroatoms. The molecule has 0 aliphatic carbocycles. The van der Waals surface area contributed by atoms with Crippen LogP contribution in [0.25, 0.3) is 10.8 Å². The normalized spacial score (nSPS) is 19.4. The van der Waals surface area contributed by atoms with Crippen molar-refractivity contribution in [1.29, 1.82) is 0 Å². The van der Waals surface area contributed by atoms with E-state index in [0.29, 0.717) is 26.8 Å². The number of thioether (sulfide) groups is 1. The number of amides is 3. The van der Waals surface area contributed by atoms with Crippen LogP contribution in [0.5, 0.6) is 0 Å². The molecule has 3 heterocycles. The van der Waals surface area contributed by atoms with E-state index in [1.54, 1.807) is 30.3 Å². The molecule has 1 saturated heterocycles. The van der Waals surface area contributed by atoms with Gasteiger partial charge >= 0.3 is 4.87 Å². The molecule has 3 amide bonds. The van der Waals surface area contributed by atoms with E-state index in [1.165, 1.54) is 21.6 Å². The number of nitrogens with zero attached hydrogens (tertiary/aromatic N) is 2. The lowest BCUT2D eigenvalue weighted by Crippen LogP contribution is -2.33. The van der Waals surface area contributed by atoms with Crippen molar-refractivity contribution in [3.05, 3.63) is 122 Å². The number of fused-ring (bicyclic) bond motifs is 3. The SMILES string of the molecule is Cc1ccc(N2C(=O)C3Sc4c(sc(=O)n4CC(=O)Nc4ccc5ccccc5c4)[C@H](c4ccc(F)cc4)C3C2=O)cc1. The van der Waals surface area contributed by atoms with E-state index in [-0.39, 0.29) is 23.2 Å². The number of carbonyl (C=O) groups excluding carboxylic acids is 3. The largest absolute Gasteiger partial charge is 0.325 e. The van der Waals surface area contributed by atoms with E-state index in [4.69, 9.17) is 0 Å². The van der Waals surface area contributed by atoms with Gasteiger partial charge in [-0.3, -0.25) is 23.7 Å². The Hall–Kier alpha value is -4.54. The highest BCUT2D eigenvalue weighted by Gasteiger charge is 2.56. The van der Waals surface area contributed by atoms with Gasteiger partial charge in [-0.25, -0.2) is 9.29 Å². The minimum absolute atomic E-state index is 0.262. The summed E-state index contributed by atoms with van der Waals surface area (Å²) < 4.78 is 15.3. The lowest BCUT2D eigenvalue weighted by Gasteiger charge is -2.30. The highest BCUT2D eigenvalue weighted by atomic mass is 32.2. The minimum atomic E-state index is -0.819. The Kier molecular flexibility index (Phi) is 6.75. The van der Waals surface area contributed by atoms with Gasteiger partial charge in [-0.1, -0.05) is 83.3 Å². The number of thiazole rings is 1. The first kappa shape index (κ1) is 27.3. The second kappa shape index (κ2) is 10.6. The van der Waals surface area contributed by atoms with E-state index in [2.05, 4.69) is 5.32 Å². The highest BCUT2D eigenvalue weighted by Crippen LogP contribution is 2.53. The van der Waals surface area contributed by atoms with Gasteiger partial charge < -0.3 is 5.32 Å². The summed E-state index contributed by atoms with van der Waals surface area (Å²) in [6, 6.07) is 26.3. The Labute approximate surface area is 254 Å². The second-order valence-electron chi connectivity index (χ2n) is 10.7. The van der Waals surface area contributed by atoms with Crippen molar-refractivity contribution in [3.63, 3.8) is 0 Å². The van der Waals surface area contributed by atoms with E-state index < -0.39 is 28.8 Å². The smallest absolute Gasteiger partial charge is 0.308 e. The standard InChI is InChI=1S/C33H24FN3O4S2/c1-18-6-14-24(15-7-18)37-30(39)27-26(20-8-11-22(34)12-9-20)29-32(42-28(27)31(37)40)36(33(41)43-29)17-25(38)35-23-13-10-19-4-2-3-5-21(19)16-23/h2-16,26-28H,17H2,1H3,(H,35,38)/t26-,27?,28?/m1/s1. The molecule has 1 fully saturated rings. The zero-order valence-electron chi connectivity index (χ0n) is 22.8. The zero-order valence-corrected chi connectivity index (χ0v) is 24.5. The van der Waals surface area contributed by atoms with Gasteiger partial charge in [0.25, 0.3) is 0 Å². The van der Waals surface area contributed by atoms with E-state index in [1.807, 2.05) is 55.5 Å². The Morgan fingerprint density at radius 1 is 0.884 bits per heavy atom. The average Bonchev–Trinajstić information content (AvgIpc) is 3.44. The first-order chi connectivity index (χ1) is 20.8. The number of halogens is 1. The monoisotopic (exact) mass is 609 g/mol. The molecule has 0 radical (unpaired) electrons. The van der Waals surface area contributed by atoms with Crippen LogP contribution in [0.15, 0.2) is 101 Å². The third kappa shape index (κ3) is 4.76. The van der Waals surface area contributed by atoms with Gasteiger partial charge in [-0.15, -0.1) is 0 Å². The van der Waals surface area contributed by atoms with E-state index in [0.717, 1.165) is 39.4 Å². The zero-order chi connectivity index (χ0) is 29.8. The Balaban J connectivity index is 1.26. The van der Waals surface area contributed by atoms with Gasteiger partial charge in [0.2, 0.25) is 17.7 Å². The lowest BCUT2D eigenvalue weighted by molar-refractivity contribution is -0.122. The number of benzene rings is 4. The van der Waals surface area contributed by atoms with Crippen LogP contribution in [0.1, 0.15) is 21.9 Å². The molecule has 0 saturated carbocycles. The first-order valence-electron chi connectivity index (χ1n) is 13.7. The molecule has 1 aromatic heterocycles. The van der Waals surface area contributed by atoms with Gasteiger partial charge in [0.1, 0.15) is 17.6 Å². The molecule has 43 heavy (non-hydrogen) atoms. The molecular formula is C33H24FN3O4S2. The fourth-order valence-electron chi connectivity index (χ4n) is 5.84. The molecule has 2 aliphatic heterocycles. The molecule has 7 nitrogen and oxygen atoms in total. The molecule has 214 valence electrons. The van der Waals surface area contributed by atoms with E-state index >= 15 is 0 Å². The predicted octanol–water partition coefficient (Wildman–Crippen LogP) is 5.95. The van der Waals surface area contributed by atoms with Crippen LogP contribution in [0.4, 0.5) is 15.8 Å². The number of carbonyl (C=O) groups is 3. The summed E-state index contributed by atoms with van der Waals surface area (Å²) in [4.78, 5) is 55.8. The molecule has 7 rings (SSSR count). The van der Waals surface area contributed by atoms with Gasteiger partial charge in [0.05, 0.1) is 16.6 Å². The van der Waals surface area contributed by atoms with Crippen molar-refractivity contribution in [2.24, 2.45) is 5.92 Å². The van der Waals surface area contributed by atoms with Crippen LogP contribution in [0.3, 0.4) is 0 Å². The number of nitrogens with one attached hydrogen (secondary N) is 1. The first-order valence-corrected chi connectivity index (χ1v) is 15.4. The Bertz CT molecular complexity index is 1980. The maximum atomic E-state index is 13.9. The van der Waals surface area contributed by atoms with Crippen molar-refractivity contribution < 1.29 is 18.8 Å². The van der Waals surface area contributed by atoms with Gasteiger partial charge in [-0.05, 0) is 59.7 Å². The fraction of sp³-hybridized carbons (Fsp3) is 0.152. The number of aromatic nitrogens is 1. The molecule has 4 aromatic carbocycles. The number of hydrogen-bond donors (Lipinski definition) is 1. The molecular weight excluding hydrogens is 586 g/mol. The maximum absolute atomic E-state index is 13.9. The Morgan fingerprint density at radius 3 is 2.35 bits per heavy atom. The third-order valence-electron chi connectivity index (χ3n) is 7.91. The lowest BCUT2D eigenvalue weighted by atomic mass is 9.83. The van der Waals surface area contributed by atoms with Crippen molar-refractivity contribution in [2.75, 3.05) is 10.2 Å². The van der Waals surface area contributed by atoms with E-state index in [9.17, 15) is 23.6 Å². The van der Waals surface area contributed by atoms with Crippen LogP contribution >= 0.6 is 23.1 Å². The molecule has 0 bridgehead atoms. The van der Waals surface area contributed by atoms with Crippen LogP contribution in [0, 0.1) is 18.7 Å². The quantitative estimate of drug-likeness (QED) is 0.249. The van der Waals surface area contributed by atoms with Gasteiger partial charge in [-0.2, -0.15) is 0 Å². The summed E-state index contributed by atoms with van der Waals surface area (Å²) in [6.07, 6.45) is 0. The Morgan fingerprint density at radius 2 is 1.60 bits per heavy atom. The number of anilines is 2. The van der Waals surface area contributed by atoms with Crippen molar-refractivity contribution in [1.82, 2.24) is 4.57 Å². The number of imide groups is 1. The van der Waals surface area contributed by atoms with Crippen LogP contribution in [0.2, 0.25) is 0 Å². The third-order valence-corrected chi connectivity index (χ3v) is 10.5. The maximum Gasteiger partial charge on any atom is 0.308 e. The fourth-order valence-corrected chi connectivity index (χ4v) is 8.62. The van der Waals surface area contributed by atoms with Crippen LogP contribution < -0.4 is 15.1 Å². The number of hydrogen-bond acceptors (Lipinski definition) is 6. The summed E-state index contributed by atoms with van der Waals surface area (Å²) in [5.74, 6) is -3.03. The molecule has 3 atom stereocenters. The highest BCUT2D eigenvalue weighted by molar-refractivity contribution is 8.00. The second-order valence-corrected chi connectivity index (χ2v) is 12.8. The average molecular weight is 610 g/mol. The molecule has 1 N–H and O–H groups in total. The van der Waals surface area contributed by atoms with Gasteiger partial charge in [0.15, 0.2) is 0 Å². The van der Waals surface area contributed by atoms with Crippen molar-refractivity contribution >= 4 is 63.0 Å². The summed E-state index contributed by atoms with van der Waals surface area (Å²) in [5.41, 5.74) is 2.69. The summed E-state index contributed by atoms with van der Waals surface area (Å²) in [7, 11) is 0. The molecule has 2 unspecified atom stereocenters. The van der Waals surface area contributed by atoms with Gasteiger partial charge in [0, 0.05) is 16.5 Å². The predicted molar refractivity (Wildman–Crippen MR) is 166 cm³/mol. The number of aryl methyl sites for hydroxylation is 1. The topological polar surface area (TPSA) is 88.5 Å².